The molecule has 2 aromatic heterocycles. The van der Waals surface area contributed by atoms with Crippen LogP contribution in [0.4, 0.5) is 0 Å². The molecular formula is C38H22O2. The van der Waals surface area contributed by atoms with Crippen molar-refractivity contribution in [3.63, 3.8) is 0 Å². The van der Waals surface area contributed by atoms with Crippen molar-refractivity contribution in [2.45, 2.75) is 0 Å². The maximum absolute atomic E-state index is 9.39. The summed E-state index contributed by atoms with van der Waals surface area (Å²) in [5, 5.41) is -0.0291. The van der Waals surface area contributed by atoms with Crippen LogP contribution in [-0.2, 0) is 0 Å². The van der Waals surface area contributed by atoms with E-state index in [-0.39, 0.29) is 43.8 Å². The number of para-hydroxylation sites is 1. The molecule has 0 saturated heterocycles. The van der Waals surface area contributed by atoms with E-state index >= 15 is 0 Å². The average molecular weight is 526 g/mol. The number of rotatable bonds is 2. The highest BCUT2D eigenvalue weighted by Gasteiger charge is 2.21. The molecular weight excluding hydrogens is 488 g/mol. The molecule has 0 aliphatic carbocycles. The lowest BCUT2D eigenvalue weighted by Crippen LogP contribution is -1.91. The van der Waals surface area contributed by atoms with Gasteiger partial charge in [-0.05, 0) is 67.7 Å². The molecule has 2 heteroatoms. The molecule has 0 aliphatic rings. The Morgan fingerprint density at radius 1 is 0.500 bits per heavy atom. The normalized spacial score (nSPS) is 17.2. The molecule has 186 valence electrons. The van der Waals surface area contributed by atoms with Crippen LogP contribution >= 0.6 is 0 Å². The highest BCUT2D eigenvalue weighted by atomic mass is 16.3. The zero-order chi connectivity index (χ0) is 39.3. The fourth-order valence-electron chi connectivity index (χ4n) is 5.55. The Kier molecular flexibility index (Phi) is 2.39. The van der Waals surface area contributed by atoms with Crippen molar-refractivity contribution >= 4 is 65.2 Å². The third-order valence-corrected chi connectivity index (χ3v) is 7.24. The van der Waals surface area contributed by atoms with Gasteiger partial charge in [0.1, 0.15) is 16.7 Å². The van der Waals surface area contributed by atoms with Gasteiger partial charge in [-0.2, -0.15) is 0 Å². The van der Waals surface area contributed by atoms with Gasteiger partial charge >= 0.3 is 0 Å². The summed E-state index contributed by atoms with van der Waals surface area (Å²) in [6, 6.07) is 0.153. The summed E-state index contributed by atoms with van der Waals surface area (Å²) in [5.41, 5.74) is 0.512. The van der Waals surface area contributed by atoms with Crippen LogP contribution in [0.15, 0.2) is 142 Å². The second kappa shape index (κ2) is 8.08. The van der Waals surface area contributed by atoms with Crippen molar-refractivity contribution in [3.05, 3.63) is 133 Å². The van der Waals surface area contributed by atoms with E-state index in [1.807, 2.05) is 0 Å². The van der Waals surface area contributed by atoms with Crippen LogP contribution in [0.5, 0.6) is 0 Å². The number of fused-ring (bicyclic) bond motifs is 8. The van der Waals surface area contributed by atoms with E-state index in [1.165, 1.54) is 6.26 Å². The van der Waals surface area contributed by atoms with Crippen LogP contribution in [-0.4, -0.2) is 0 Å². The van der Waals surface area contributed by atoms with Gasteiger partial charge in [0.15, 0.2) is 0 Å². The summed E-state index contributed by atoms with van der Waals surface area (Å²) in [6.07, 6.45) is 1.51. The first-order chi connectivity index (χ1) is 26.1. The Morgan fingerprint density at radius 3 is 1.95 bits per heavy atom. The van der Waals surface area contributed by atoms with Gasteiger partial charge in [-0.25, -0.2) is 0 Å². The number of benzene rings is 7. The minimum Gasteiger partial charge on any atom is -0.464 e. The lowest BCUT2D eigenvalue weighted by molar-refractivity contribution is 0.615. The molecule has 0 amide bonds. The van der Waals surface area contributed by atoms with Crippen LogP contribution < -0.4 is 0 Å². The zero-order valence-electron chi connectivity index (χ0n) is 35.4. The molecule has 9 aromatic rings. The van der Waals surface area contributed by atoms with Gasteiger partial charge in [-0.15, -0.1) is 0 Å². The molecule has 0 N–H and O–H groups in total. The van der Waals surface area contributed by atoms with Crippen LogP contribution in [0.1, 0.15) is 20.6 Å². The molecule has 0 atom stereocenters. The van der Waals surface area contributed by atoms with Crippen LogP contribution in [0.25, 0.3) is 87.5 Å². The molecule has 0 aliphatic heterocycles. The van der Waals surface area contributed by atoms with E-state index in [0.29, 0.717) is 27.3 Å². The summed E-state index contributed by atoms with van der Waals surface area (Å²) in [7, 11) is 0. The minimum absolute atomic E-state index is 0.0345. The van der Waals surface area contributed by atoms with E-state index in [0.717, 1.165) is 0 Å². The SMILES string of the molecule is [2H]c1c([2H])c([2H])c2c([2H])c(-c3c4c([2H])c([2H])c([2H])c([2H])c4c(-c4cccc5c4oc4c6ccoc6ccc54)c4c([2H])c([2H])c([2H])c([2H])c34)c([2H])c([2H])c2c1[2H]. The first-order valence-corrected chi connectivity index (χ1v) is 12.4. The van der Waals surface area contributed by atoms with Gasteiger partial charge in [0.2, 0.25) is 0 Å². The zero-order valence-corrected chi connectivity index (χ0v) is 20.4. The molecule has 0 bridgehead atoms. The topological polar surface area (TPSA) is 26.3 Å². The minimum atomic E-state index is -0.749. The van der Waals surface area contributed by atoms with Gasteiger partial charge in [0, 0.05) is 21.9 Å². The first kappa shape index (κ1) is 11.8. The van der Waals surface area contributed by atoms with E-state index in [9.17, 15) is 8.22 Å². The van der Waals surface area contributed by atoms with Gasteiger partial charge in [0.25, 0.3) is 0 Å². The summed E-state index contributed by atoms with van der Waals surface area (Å²) in [4.78, 5) is 0. The highest BCUT2D eigenvalue weighted by Crippen LogP contribution is 2.47. The molecule has 2 nitrogen and oxygen atoms in total. The smallest absolute Gasteiger partial charge is 0.146 e. The van der Waals surface area contributed by atoms with Crippen molar-refractivity contribution in [1.29, 1.82) is 0 Å². The second-order valence-corrected chi connectivity index (χ2v) is 9.31. The third kappa shape index (κ3) is 2.93. The maximum atomic E-state index is 9.39. The Balaban J connectivity index is 1.61. The van der Waals surface area contributed by atoms with E-state index < -0.39 is 107 Å². The van der Waals surface area contributed by atoms with Gasteiger partial charge < -0.3 is 8.83 Å². The van der Waals surface area contributed by atoms with Crippen molar-refractivity contribution in [2.75, 3.05) is 0 Å². The predicted octanol–water partition coefficient (Wildman–Crippen LogP) is 11.1. The largest absolute Gasteiger partial charge is 0.464 e. The molecule has 0 saturated carbocycles. The Hall–Kier alpha value is -5.34. The average Bonchev–Trinajstić information content (AvgIpc) is 3.82. The van der Waals surface area contributed by atoms with Gasteiger partial charge in [-0.3, -0.25) is 0 Å². The Bertz CT molecular complexity index is 3190. The summed E-state index contributed by atoms with van der Waals surface area (Å²) >= 11 is 0. The van der Waals surface area contributed by atoms with E-state index in [2.05, 4.69) is 0 Å². The molecule has 9 rings (SSSR count). The number of hydrogen-bond acceptors (Lipinski definition) is 2. The maximum Gasteiger partial charge on any atom is 0.146 e. The highest BCUT2D eigenvalue weighted by molar-refractivity contribution is 6.25. The third-order valence-electron chi connectivity index (χ3n) is 7.24. The molecule has 0 spiro atoms. The van der Waals surface area contributed by atoms with Crippen LogP contribution in [0.2, 0.25) is 0 Å². The quantitative estimate of drug-likeness (QED) is 0.210. The molecule has 0 radical (unpaired) electrons. The molecule has 7 aromatic carbocycles. The standard InChI is InChI=1S/C38H22O2/c1-2-9-24-22-25(17-16-23(24)8-1)35-26-10-3-5-12-28(26)36(29-13-6-4-11-27(29)35)33-15-7-14-30-31-18-19-34-32(20-21-39-34)37(31)40-38(30)33/h1-22H/i1D,2D,3D,4D,5D,6D,8D,9D,10D,11D,12D,13D,16D,17D,22D. The fourth-order valence-corrected chi connectivity index (χ4v) is 5.55. The van der Waals surface area contributed by atoms with Gasteiger partial charge in [0.05, 0.1) is 32.2 Å². The fraction of sp³-hybridized carbons (Fsp3) is 0. The van der Waals surface area contributed by atoms with Crippen molar-refractivity contribution < 1.29 is 29.4 Å². The van der Waals surface area contributed by atoms with E-state index in [4.69, 9.17) is 21.2 Å². The van der Waals surface area contributed by atoms with Crippen LogP contribution in [0, 0.1) is 0 Å². The monoisotopic (exact) mass is 525 g/mol. The summed E-state index contributed by atoms with van der Waals surface area (Å²) in [6.45, 7) is 0. The van der Waals surface area contributed by atoms with Crippen molar-refractivity contribution in [2.24, 2.45) is 0 Å². The molecule has 2 heterocycles. The van der Waals surface area contributed by atoms with E-state index in [1.54, 1.807) is 36.4 Å². The summed E-state index contributed by atoms with van der Waals surface area (Å²) < 4.78 is 146. The second-order valence-electron chi connectivity index (χ2n) is 9.31. The number of hydrogen-bond donors (Lipinski definition) is 0. The predicted molar refractivity (Wildman–Crippen MR) is 167 cm³/mol. The lowest BCUT2D eigenvalue weighted by atomic mass is 9.85. The molecule has 40 heavy (non-hydrogen) atoms. The Morgan fingerprint density at radius 2 is 1.18 bits per heavy atom. The molecule has 0 unspecified atom stereocenters. The van der Waals surface area contributed by atoms with Gasteiger partial charge in [-0.1, -0.05) is 103 Å². The Labute approximate surface area is 250 Å². The van der Waals surface area contributed by atoms with Crippen molar-refractivity contribution in [1.82, 2.24) is 0 Å². The first-order valence-electron chi connectivity index (χ1n) is 19.9. The molecule has 0 fully saturated rings. The van der Waals surface area contributed by atoms with Crippen LogP contribution in [0.3, 0.4) is 0 Å². The summed E-state index contributed by atoms with van der Waals surface area (Å²) in [5.74, 6) is 0. The lowest BCUT2D eigenvalue weighted by Gasteiger charge is -2.18. The van der Waals surface area contributed by atoms with Crippen molar-refractivity contribution in [3.8, 4) is 22.3 Å². The number of furan rings is 2.